The molecule has 0 bridgehead atoms. The van der Waals surface area contributed by atoms with E-state index in [2.05, 4.69) is 22.1 Å². The van der Waals surface area contributed by atoms with E-state index in [1.165, 1.54) is 9.87 Å². The van der Waals surface area contributed by atoms with Crippen LogP contribution in [-0.4, -0.2) is 59.9 Å². The van der Waals surface area contributed by atoms with Gasteiger partial charge >= 0.3 is 0 Å². The van der Waals surface area contributed by atoms with Crippen LogP contribution in [0.3, 0.4) is 0 Å². The highest BCUT2D eigenvalue weighted by Gasteiger charge is 2.30. The van der Waals surface area contributed by atoms with E-state index in [0.29, 0.717) is 19.2 Å². The number of nitrogens with zero attached hydrogens (tertiary/aromatic N) is 4. The number of benzene rings is 1. The zero-order valence-electron chi connectivity index (χ0n) is 16.1. The van der Waals surface area contributed by atoms with Crippen molar-refractivity contribution in [1.82, 2.24) is 18.8 Å². The Morgan fingerprint density at radius 2 is 1.86 bits per heavy atom. The molecule has 1 aromatic carbocycles. The fourth-order valence-corrected chi connectivity index (χ4v) is 5.26. The summed E-state index contributed by atoms with van der Waals surface area (Å²) in [4.78, 5) is 6.12. The van der Waals surface area contributed by atoms with Crippen LogP contribution in [0.4, 0.5) is 8.78 Å². The van der Waals surface area contributed by atoms with Crippen molar-refractivity contribution in [2.75, 3.05) is 32.7 Å². The van der Waals surface area contributed by atoms with Gasteiger partial charge in [-0.15, -0.1) is 0 Å². The Hall–Kier alpha value is -2.36. The summed E-state index contributed by atoms with van der Waals surface area (Å²) in [5, 5.41) is 1.13. The number of halogens is 2. The molecule has 1 fully saturated rings. The summed E-state index contributed by atoms with van der Waals surface area (Å²) >= 11 is 0. The SMILES string of the molecule is Cn1cc(CCN2CCN(S(=O)(=O)c3ccc(F)cc3F)CC2)c2cccnc21. The third kappa shape index (κ3) is 3.90. The summed E-state index contributed by atoms with van der Waals surface area (Å²) < 4.78 is 55.7. The summed E-state index contributed by atoms with van der Waals surface area (Å²) in [5.41, 5.74) is 2.15. The van der Waals surface area contributed by atoms with E-state index in [1.54, 1.807) is 6.20 Å². The quantitative estimate of drug-likeness (QED) is 0.636. The van der Waals surface area contributed by atoms with Crippen molar-refractivity contribution in [1.29, 1.82) is 0 Å². The number of fused-ring (bicyclic) bond motifs is 1. The van der Waals surface area contributed by atoms with Gasteiger partial charge in [0, 0.05) is 63.6 Å². The minimum Gasteiger partial charge on any atom is -0.335 e. The van der Waals surface area contributed by atoms with Gasteiger partial charge in [-0.1, -0.05) is 0 Å². The van der Waals surface area contributed by atoms with Gasteiger partial charge in [-0.3, -0.25) is 0 Å². The zero-order chi connectivity index (χ0) is 20.6. The van der Waals surface area contributed by atoms with Crippen LogP contribution >= 0.6 is 0 Å². The maximum Gasteiger partial charge on any atom is 0.246 e. The first-order valence-electron chi connectivity index (χ1n) is 9.43. The van der Waals surface area contributed by atoms with Crippen molar-refractivity contribution in [2.45, 2.75) is 11.3 Å². The summed E-state index contributed by atoms with van der Waals surface area (Å²) in [5.74, 6) is -1.85. The number of sulfonamides is 1. The van der Waals surface area contributed by atoms with Crippen LogP contribution in [0.25, 0.3) is 11.0 Å². The lowest BCUT2D eigenvalue weighted by atomic mass is 10.1. The van der Waals surface area contributed by atoms with Crippen LogP contribution in [0, 0.1) is 11.6 Å². The first kappa shape index (κ1) is 19.9. The number of hydrogen-bond donors (Lipinski definition) is 0. The molecule has 0 aliphatic carbocycles. The molecule has 0 spiro atoms. The molecule has 3 heterocycles. The van der Waals surface area contributed by atoms with Gasteiger partial charge in [-0.25, -0.2) is 22.2 Å². The van der Waals surface area contributed by atoms with Crippen molar-refractivity contribution < 1.29 is 17.2 Å². The highest BCUT2D eigenvalue weighted by molar-refractivity contribution is 7.89. The molecular weight excluding hydrogens is 398 g/mol. The van der Waals surface area contributed by atoms with Gasteiger partial charge in [0.15, 0.2) is 0 Å². The van der Waals surface area contributed by atoms with Crippen molar-refractivity contribution in [2.24, 2.45) is 7.05 Å². The Morgan fingerprint density at radius 3 is 2.59 bits per heavy atom. The second kappa shape index (κ2) is 7.81. The van der Waals surface area contributed by atoms with Gasteiger partial charge < -0.3 is 9.47 Å². The van der Waals surface area contributed by atoms with E-state index in [9.17, 15) is 17.2 Å². The molecule has 0 unspecified atom stereocenters. The number of aryl methyl sites for hydroxylation is 1. The second-order valence-electron chi connectivity index (χ2n) is 7.21. The van der Waals surface area contributed by atoms with E-state index in [0.717, 1.165) is 36.1 Å². The molecule has 0 radical (unpaired) electrons. The molecule has 29 heavy (non-hydrogen) atoms. The predicted molar refractivity (Wildman–Crippen MR) is 106 cm³/mol. The standard InChI is InChI=1S/C20H22F2N4O2S/c1-24-14-15(17-3-2-7-23-20(17)24)6-8-25-9-11-26(12-10-25)29(27,28)19-5-4-16(21)13-18(19)22/h2-5,7,13-14H,6,8-12H2,1H3. The fraction of sp³-hybridized carbons (Fsp3) is 0.350. The van der Waals surface area contributed by atoms with Crippen LogP contribution in [0.15, 0.2) is 47.6 Å². The average Bonchev–Trinajstić information content (AvgIpc) is 3.02. The lowest BCUT2D eigenvalue weighted by molar-refractivity contribution is 0.190. The third-order valence-corrected chi connectivity index (χ3v) is 7.29. The molecule has 0 atom stereocenters. The number of piperazine rings is 1. The average molecular weight is 420 g/mol. The van der Waals surface area contributed by atoms with Crippen LogP contribution in [0.5, 0.6) is 0 Å². The molecule has 154 valence electrons. The van der Waals surface area contributed by atoms with Crippen LogP contribution < -0.4 is 0 Å². The summed E-state index contributed by atoms with van der Waals surface area (Å²) in [6.45, 7) is 2.47. The predicted octanol–water partition coefficient (Wildman–Crippen LogP) is 2.40. The Kier molecular flexibility index (Phi) is 5.37. The molecule has 0 saturated carbocycles. The zero-order valence-corrected chi connectivity index (χ0v) is 16.9. The van der Waals surface area contributed by atoms with Crippen molar-refractivity contribution in [3.05, 3.63) is 59.9 Å². The molecule has 9 heteroatoms. The Morgan fingerprint density at radius 1 is 1.10 bits per heavy atom. The van der Waals surface area contributed by atoms with Crippen LogP contribution in [0.2, 0.25) is 0 Å². The Balaban J connectivity index is 1.39. The minimum atomic E-state index is -3.97. The van der Waals surface area contributed by atoms with Gasteiger partial charge in [0.05, 0.1) is 0 Å². The summed E-state index contributed by atoms with van der Waals surface area (Å²) in [7, 11) is -2.00. The minimum absolute atomic E-state index is 0.274. The number of rotatable bonds is 5. The van der Waals surface area contributed by atoms with Gasteiger partial charge in [0.25, 0.3) is 0 Å². The maximum absolute atomic E-state index is 14.0. The van der Waals surface area contributed by atoms with Gasteiger partial charge in [0.1, 0.15) is 22.2 Å². The molecule has 6 nitrogen and oxygen atoms in total. The van der Waals surface area contributed by atoms with Crippen LogP contribution in [-0.2, 0) is 23.5 Å². The van der Waals surface area contributed by atoms with Gasteiger partial charge in [0.2, 0.25) is 10.0 Å². The molecule has 4 rings (SSSR count). The van der Waals surface area contributed by atoms with Crippen molar-refractivity contribution in [3.8, 4) is 0 Å². The molecule has 0 amide bonds. The van der Waals surface area contributed by atoms with Crippen molar-refractivity contribution >= 4 is 21.1 Å². The molecule has 1 aliphatic rings. The third-order valence-electron chi connectivity index (χ3n) is 5.36. The van der Waals surface area contributed by atoms with Crippen LogP contribution in [0.1, 0.15) is 5.56 Å². The van der Waals surface area contributed by atoms with E-state index in [1.807, 2.05) is 17.7 Å². The topological polar surface area (TPSA) is 58.4 Å². The molecular formula is C20H22F2N4O2S. The monoisotopic (exact) mass is 420 g/mol. The smallest absolute Gasteiger partial charge is 0.246 e. The second-order valence-corrected chi connectivity index (χ2v) is 9.12. The lowest BCUT2D eigenvalue weighted by Gasteiger charge is -2.34. The van der Waals surface area contributed by atoms with E-state index in [4.69, 9.17) is 0 Å². The first-order valence-corrected chi connectivity index (χ1v) is 10.9. The number of hydrogen-bond acceptors (Lipinski definition) is 4. The fourth-order valence-electron chi connectivity index (χ4n) is 3.79. The molecule has 0 N–H and O–H groups in total. The largest absolute Gasteiger partial charge is 0.335 e. The molecule has 1 saturated heterocycles. The lowest BCUT2D eigenvalue weighted by Crippen LogP contribution is -2.49. The van der Waals surface area contributed by atoms with Gasteiger partial charge in [-0.05, 0) is 36.2 Å². The Labute approximate surface area is 168 Å². The first-order chi connectivity index (χ1) is 13.9. The normalized spacial score (nSPS) is 16.5. The van der Waals surface area contributed by atoms with E-state index < -0.39 is 26.6 Å². The summed E-state index contributed by atoms with van der Waals surface area (Å²) in [6, 6.07) is 6.53. The van der Waals surface area contributed by atoms with E-state index >= 15 is 0 Å². The highest BCUT2D eigenvalue weighted by atomic mass is 32.2. The highest BCUT2D eigenvalue weighted by Crippen LogP contribution is 2.22. The molecule has 1 aliphatic heterocycles. The number of aromatic nitrogens is 2. The van der Waals surface area contributed by atoms with E-state index in [-0.39, 0.29) is 13.1 Å². The maximum atomic E-state index is 14.0. The van der Waals surface area contributed by atoms with Gasteiger partial charge in [-0.2, -0.15) is 4.31 Å². The number of pyridine rings is 1. The molecule has 3 aromatic rings. The Bertz CT molecular complexity index is 1140. The summed E-state index contributed by atoms with van der Waals surface area (Å²) in [6.07, 6.45) is 4.69. The van der Waals surface area contributed by atoms with Crippen molar-refractivity contribution in [3.63, 3.8) is 0 Å². The molecule has 2 aromatic heterocycles.